The van der Waals surface area contributed by atoms with Gasteiger partial charge in [0.1, 0.15) is 13.2 Å². The monoisotopic (exact) mass is 263 g/mol. The van der Waals surface area contributed by atoms with Crippen LogP contribution in [0.5, 0.6) is 17.2 Å². The largest absolute Gasteiger partial charge is 0.493 e. The third-order valence-corrected chi connectivity index (χ3v) is 3.85. The van der Waals surface area contributed by atoms with E-state index in [4.69, 9.17) is 14.2 Å². The molecule has 1 aromatic rings. The minimum Gasteiger partial charge on any atom is -0.493 e. The van der Waals surface area contributed by atoms with Crippen LogP contribution >= 0.6 is 0 Å². The van der Waals surface area contributed by atoms with Crippen LogP contribution < -0.4 is 19.5 Å². The third-order valence-electron chi connectivity index (χ3n) is 3.85. The highest BCUT2D eigenvalue weighted by Gasteiger charge is 2.27. The Morgan fingerprint density at radius 2 is 2.11 bits per heavy atom. The normalized spacial score (nSPS) is 19.1. The molecule has 0 radical (unpaired) electrons. The van der Waals surface area contributed by atoms with E-state index in [1.165, 1.54) is 18.4 Å². The van der Waals surface area contributed by atoms with Crippen LogP contribution in [-0.4, -0.2) is 26.4 Å². The van der Waals surface area contributed by atoms with Gasteiger partial charge in [0.05, 0.1) is 7.11 Å². The van der Waals surface area contributed by atoms with Crippen molar-refractivity contribution >= 4 is 0 Å². The zero-order valence-electron chi connectivity index (χ0n) is 11.6. The standard InChI is InChI=1S/C15H21NO3/c1-10(12-3-4-12)16-9-11-7-13(17-2)15-14(8-11)18-5-6-19-15/h7-8,10,12,16H,3-6,9H2,1-2H3. The van der Waals surface area contributed by atoms with E-state index in [9.17, 15) is 0 Å². The molecule has 19 heavy (non-hydrogen) atoms. The van der Waals surface area contributed by atoms with E-state index < -0.39 is 0 Å². The zero-order valence-corrected chi connectivity index (χ0v) is 11.6. The van der Waals surface area contributed by atoms with Crippen molar-refractivity contribution in [2.24, 2.45) is 5.92 Å². The molecule has 1 heterocycles. The number of rotatable bonds is 5. The van der Waals surface area contributed by atoms with Crippen LogP contribution in [-0.2, 0) is 6.54 Å². The van der Waals surface area contributed by atoms with Crippen LogP contribution in [0.1, 0.15) is 25.3 Å². The highest BCUT2D eigenvalue weighted by atomic mass is 16.6. The maximum absolute atomic E-state index is 5.64. The summed E-state index contributed by atoms with van der Waals surface area (Å²) in [6, 6.07) is 4.66. The summed E-state index contributed by atoms with van der Waals surface area (Å²) in [5.41, 5.74) is 1.17. The summed E-state index contributed by atoms with van der Waals surface area (Å²) in [6.07, 6.45) is 2.72. The van der Waals surface area contributed by atoms with Gasteiger partial charge in [-0.05, 0) is 43.4 Å². The molecule has 1 unspecified atom stereocenters. The zero-order chi connectivity index (χ0) is 13.2. The molecule has 1 fully saturated rings. The molecule has 4 nitrogen and oxygen atoms in total. The van der Waals surface area contributed by atoms with Gasteiger partial charge in [-0.25, -0.2) is 0 Å². The fourth-order valence-electron chi connectivity index (χ4n) is 2.47. The van der Waals surface area contributed by atoms with Gasteiger partial charge < -0.3 is 19.5 Å². The average molecular weight is 263 g/mol. The van der Waals surface area contributed by atoms with Crippen molar-refractivity contribution in [3.05, 3.63) is 17.7 Å². The highest BCUT2D eigenvalue weighted by Crippen LogP contribution is 2.40. The van der Waals surface area contributed by atoms with E-state index in [2.05, 4.69) is 12.2 Å². The summed E-state index contributed by atoms with van der Waals surface area (Å²) in [5.74, 6) is 3.14. The molecule has 1 aliphatic heterocycles. The van der Waals surface area contributed by atoms with Gasteiger partial charge >= 0.3 is 0 Å². The van der Waals surface area contributed by atoms with E-state index in [0.29, 0.717) is 19.3 Å². The molecule has 0 aromatic heterocycles. The first-order chi connectivity index (χ1) is 9.28. The van der Waals surface area contributed by atoms with E-state index in [0.717, 1.165) is 29.7 Å². The summed E-state index contributed by atoms with van der Waals surface area (Å²) in [7, 11) is 1.66. The first-order valence-corrected chi connectivity index (χ1v) is 6.98. The predicted octanol–water partition coefficient (Wildman–Crippen LogP) is 2.35. The van der Waals surface area contributed by atoms with Crippen LogP contribution in [0.4, 0.5) is 0 Å². The van der Waals surface area contributed by atoms with Crippen LogP contribution in [0, 0.1) is 5.92 Å². The second kappa shape index (κ2) is 5.29. The van der Waals surface area contributed by atoms with Crippen molar-refractivity contribution in [3.8, 4) is 17.2 Å². The molecule has 4 heteroatoms. The highest BCUT2D eigenvalue weighted by molar-refractivity contribution is 5.54. The van der Waals surface area contributed by atoms with Gasteiger partial charge in [0, 0.05) is 12.6 Å². The van der Waals surface area contributed by atoms with Crippen molar-refractivity contribution in [2.75, 3.05) is 20.3 Å². The summed E-state index contributed by atoms with van der Waals surface area (Å²) in [4.78, 5) is 0. The third kappa shape index (κ3) is 2.78. The van der Waals surface area contributed by atoms with Gasteiger partial charge in [0.2, 0.25) is 5.75 Å². The molecular formula is C15H21NO3. The maximum Gasteiger partial charge on any atom is 0.203 e. The topological polar surface area (TPSA) is 39.7 Å². The summed E-state index contributed by atoms with van der Waals surface area (Å²) < 4.78 is 16.6. The lowest BCUT2D eigenvalue weighted by molar-refractivity contribution is 0.165. The molecule has 1 aliphatic carbocycles. The van der Waals surface area contributed by atoms with E-state index in [-0.39, 0.29) is 0 Å². The second-order valence-electron chi connectivity index (χ2n) is 5.33. The van der Waals surface area contributed by atoms with Gasteiger partial charge in [-0.15, -0.1) is 0 Å². The lowest BCUT2D eigenvalue weighted by atomic mass is 10.1. The van der Waals surface area contributed by atoms with E-state index >= 15 is 0 Å². The Labute approximate surface area is 114 Å². The predicted molar refractivity (Wildman–Crippen MR) is 73.0 cm³/mol. The molecule has 0 amide bonds. The Balaban J connectivity index is 1.73. The summed E-state index contributed by atoms with van der Waals surface area (Å²) >= 11 is 0. The average Bonchev–Trinajstić information content (AvgIpc) is 3.28. The second-order valence-corrected chi connectivity index (χ2v) is 5.33. The first kappa shape index (κ1) is 12.6. The Hall–Kier alpha value is -1.42. The minimum atomic E-state index is 0.583. The van der Waals surface area contributed by atoms with Crippen LogP contribution in [0.15, 0.2) is 12.1 Å². The van der Waals surface area contributed by atoms with Gasteiger partial charge in [-0.2, -0.15) is 0 Å². The number of hydrogen-bond donors (Lipinski definition) is 1. The number of hydrogen-bond acceptors (Lipinski definition) is 4. The molecule has 1 N–H and O–H groups in total. The summed E-state index contributed by atoms with van der Waals surface area (Å²) in [6.45, 7) is 4.28. The number of benzene rings is 1. The molecule has 1 saturated carbocycles. The first-order valence-electron chi connectivity index (χ1n) is 6.98. The molecule has 104 valence electrons. The maximum atomic E-state index is 5.64. The molecule has 2 aliphatic rings. The Bertz CT molecular complexity index is 440. The number of methoxy groups -OCH3 is 1. The van der Waals surface area contributed by atoms with Crippen molar-refractivity contribution in [2.45, 2.75) is 32.4 Å². The number of ether oxygens (including phenoxy) is 3. The van der Waals surface area contributed by atoms with Gasteiger partial charge in [-0.3, -0.25) is 0 Å². The fraction of sp³-hybridized carbons (Fsp3) is 0.600. The van der Waals surface area contributed by atoms with Gasteiger partial charge in [0.15, 0.2) is 11.5 Å². The Kier molecular flexibility index (Phi) is 3.51. The quantitative estimate of drug-likeness (QED) is 0.885. The van der Waals surface area contributed by atoms with Crippen molar-refractivity contribution in [3.63, 3.8) is 0 Å². The SMILES string of the molecule is COc1cc(CNC(C)C2CC2)cc2c1OCCO2. The Morgan fingerprint density at radius 1 is 1.32 bits per heavy atom. The van der Waals surface area contributed by atoms with Crippen molar-refractivity contribution < 1.29 is 14.2 Å². The van der Waals surface area contributed by atoms with Crippen molar-refractivity contribution in [1.29, 1.82) is 0 Å². The lowest BCUT2D eigenvalue weighted by Gasteiger charge is -2.22. The lowest BCUT2D eigenvalue weighted by Crippen LogP contribution is -2.27. The molecule has 0 spiro atoms. The van der Waals surface area contributed by atoms with E-state index in [1.807, 2.05) is 12.1 Å². The summed E-state index contributed by atoms with van der Waals surface area (Å²) in [5, 5.41) is 3.57. The van der Waals surface area contributed by atoms with E-state index in [1.54, 1.807) is 7.11 Å². The van der Waals surface area contributed by atoms with Gasteiger partial charge in [0.25, 0.3) is 0 Å². The van der Waals surface area contributed by atoms with Crippen LogP contribution in [0.3, 0.4) is 0 Å². The number of fused-ring (bicyclic) bond motifs is 1. The molecule has 3 rings (SSSR count). The molecular weight excluding hydrogens is 242 g/mol. The Morgan fingerprint density at radius 3 is 2.84 bits per heavy atom. The fourth-order valence-corrected chi connectivity index (χ4v) is 2.47. The molecule has 0 bridgehead atoms. The molecule has 0 saturated heterocycles. The van der Waals surface area contributed by atoms with Gasteiger partial charge in [-0.1, -0.05) is 0 Å². The smallest absolute Gasteiger partial charge is 0.203 e. The molecule has 1 aromatic carbocycles. The van der Waals surface area contributed by atoms with Crippen molar-refractivity contribution in [1.82, 2.24) is 5.32 Å². The minimum absolute atomic E-state index is 0.583. The van der Waals surface area contributed by atoms with Crippen LogP contribution in [0.25, 0.3) is 0 Å². The number of nitrogens with one attached hydrogen (secondary N) is 1. The van der Waals surface area contributed by atoms with Crippen LogP contribution in [0.2, 0.25) is 0 Å². The molecule has 1 atom stereocenters.